The van der Waals surface area contributed by atoms with Crippen molar-refractivity contribution in [3.63, 3.8) is 0 Å². The summed E-state index contributed by atoms with van der Waals surface area (Å²) in [5.41, 5.74) is 0.316. The second-order valence-corrected chi connectivity index (χ2v) is 7.62. The van der Waals surface area contributed by atoms with Crippen molar-refractivity contribution in [2.24, 2.45) is 0 Å². The molecule has 10 heteroatoms. The van der Waals surface area contributed by atoms with E-state index in [0.29, 0.717) is 42.9 Å². The minimum absolute atomic E-state index is 0.00501. The summed E-state index contributed by atoms with van der Waals surface area (Å²) >= 11 is 0. The number of amides is 3. The molecular formula is C24H25FN4O5. The summed E-state index contributed by atoms with van der Waals surface area (Å²) in [7, 11) is 1.50. The number of fused-ring (bicyclic) bond motifs is 1. The first-order valence-electron chi connectivity index (χ1n) is 10.8. The number of benzene rings is 2. The smallest absolute Gasteiger partial charge is 0.255 e. The molecule has 3 N–H and O–H groups in total. The molecule has 2 aromatic rings. The number of carbonyl (C=O) groups excluding carboxylic acids is 3. The molecule has 1 aliphatic rings. The molecule has 1 heterocycles. The number of hydrogen-bond acceptors (Lipinski definition) is 6. The second-order valence-electron chi connectivity index (χ2n) is 7.62. The van der Waals surface area contributed by atoms with Crippen molar-refractivity contribution in [3.05, 3.63) is 58.9 Å². The zero-order valence-electron chi connectivity index (χ0n) is 18.7. The SMILES string of the molecule is COc1ccc2c(c1)OCCNC(=O)[C@@H](NC(=O)c1cc(F)cc(C#N)c1)CCCCNC2=O. The van der Waals surface area contributed by atoms with E-state index in [1.54, 1.807) is 24.3 Å². The Labute approximate surface area is 196 Å². The third-order valence-corrected chi connectivity index (χ3v) is 5.21. The Kier molecular flexibility index (Phi) is 8.40. The fraction of sp³-hybridized carbons (Fsp3) is 0.333. The summed E-state index contributed by atoms with van der Waals surface area (Å²) in [4.78, 5) is 37.9. The Morgan fingerprint density at radius 3 is 2.76 bits per heavy atom. The lowest BCUT2D eigenvalue weighted by atomic mass is 10.1. The standard InChI is InChI=1S/C24H25FN4O5/c1-33-18-5-6-19-21(13-18)34-9-8-28-24(32)20(4-2-3-7-27-23(19)31)29-22(30)16-10-15(14-26)11-17(25)12-16/h5-6,10-13,20H,2-4,7-9H2,1H3,(H,27,31)(H,28,32)(H,29,30)/t20-/m0/s1. The maximum Gasteiger partial charge on any atom is 0.255 e. The van der Waals surface area contributed by atoms with E-state index in [2.05, 4.69) is 16.0 Å². The molecule has 0 bridgehead atoms. The van der Waals surface area contributed by atoms with Crippen LogP contribution in [0.4, 0.5) is 4.39 Å². The minimum Gasteiger partial charge on any atom is -0.497 e. The van der Waals surface area contributed by atoms with E-state index in [1.165, 1.54) is 13.2 Å². The van der Waals surface area contributed by atoms with Gasteiger partial charge in [0.2, 0.25) is 5.91 Å². The van der Waals surface area contributed by atoms with Crippen molar-refractivity contribution >= 4 is 17.7 Å². The number of ether oxygens (including phenoxy) is 2. The van der Waals surface area contributed by atoms with Crippen LogP contribution in [-0.4, -0.2) is 50.6 Å². The summed E-state index contributed by atoms with van der Waals surface area (Å²) < 4.78 is 24.6. The van der Waals surface area contributed by atoms with Crippen molar-refractivity contribution in [2.75, 3.05) is 26.8 Å². The van der Waals surface area contributed by atoms with Crippen LogP contribution >= 0.6 is 0 Å². The van der Waals surface area contributed by atoms with Crippen LogP contribution in [0, 0.1) is 17.1 Å². The highest BCUT2D eigenvalue weighted by molar-refractivity contribution is 5.98. The predicted octanol–water partition coefficient (Wildman–Crippen LogP) is 1.91. The summed E-state index contributed by atoms with van der Waals surface area (Å²) in [6.07, 6.45) is 1.41. The van der Waals surface area contributed by atoms with Gasteiger partial charge in [-0.15, -0.1) is 0 Å². The average molecular weight is 468 g/mol. The Morgan fingerprint density at radius 1 is 1.18 bits per heavy atom. The molecule has 0 saturated heterocycles. The van der Waals surface area contributed by atoms with Crippen LogP contribution < -0.4 is 25.4 Å². The molecule has 0 fully saturated rings. The number of carbonyl (C=O) groups is 3. The lowest BCUT2D eigenvalue weighted by molar-refractivity contribution is -0.123. The predicted molar refractivity (Wildman–Crippen MR) is 120 cm³/mol. The molecular weight excluding hydrogens is 443 g/mol. The van der Waals surface area contributed by atoms with E-state index in [-0.39, 0.29) is 30.2 Å². The Bertz CT molecular complexity index is 1120. The number of nitriles is 1. The molecule has 1 aliphatic heterocycles. The highest BCUT2D eigenvalue weighted by Crippen LogP contribution is 2.25. The fourth-order valence-corrected chi connectivity index (χ4v) is 3.46. The third kappa shape index (κ3) is 6.45. The first-order valence-corrected chi connectivity index (χ1v) is 10.8. The molecule has 0 saturated carbocycles. The number of nitrogens with zero attached hydrogens (tertiary/aromatic N) is 1. The zero-order valence-corrected chi connectivity index (χ0v) is 18.7. The number of hydrogen-bond donors (Lipinski definition) is 3. The number of rotatable bonds is 3. The topological polar surface area (TPSA) is 130 Å². The van der Waals surface area contributed by atoms with E-state index in [4.69, 9.17) is 14.7 Å². The highest BCUT2D eigenvalue weighted by atomic mass is 19.1. The van der Waals surface area contributed by atoms with Gasteiger partial charge in [0.05, 0.1) is 30.9 Å². The van der Waals surface area contributed by atoms with Crippen LogP contribution in [0.2, 0.25) is 0 Å². The molecule has 9 nitrogen and oxygen atoms in total. The molecule has 178 valence electrons. The van der Waals surface area contributed by atoms with E-state index < -0.39 is 23.7 Å². The average Bonchev–Trinajstić information content (AvgIpc) is 2.84. The van der Waals surface area contributed by atoms with Gasteiger partial charge in [-0.1, -0.05) is 0 Å². The van der Waals surface area contributed by atoms with Gasteiger partial charge < -0.3 is 25.4 Å². The van der Waals surface area contributed by atoms with Gasteiger partial charge in [0.15, 0.2) is 0 Å². The van der Waals surface area contributed by atoms with Gasteiger partial charge in [-0.25, -0.2) is 4.39 Å². The molecule has 0 aliphatic carbocycles. The fourth-order valence-electron chi connectivity index (χ4n) is 3.46. The Morgan fingerprint density at radius 2 is 2.00 bits per heavy atom. The zero-order chi connectivity index (χ0) is 24.5. The van der Waals surface area contributed by atoms with Gasteiger partial charge in [-0.3, -0.25) is 14.4 Å². The summed E-state index contributed by atoms with van der Waals surface area (Å²) in [5.74, 6) is -1.24. The van der Waals surface area contributed by atoms with Crippen molar-refractivity contribution in [3.8, 4) is 17.6 Å². The number of halogens is 1. The molecule has 0 unspecified atom stereocenters. The van der Waals surface area contributed by atoms with Crippen molar-refractivity contribution < 1.29 is 28.2 Å². The van der Waals surface area contributed by atoms with Crippen LogP contribution in [-0.2, 0) is 4.79 Å². The lowest BCUT2D eigenvalue weighted by Gasteiger charge is -2.20. The van der Waals surface area contributed by atoms with Gasteiger partial charge in [-0.2, -0.15) is 5.26 Å². The highest BCUT2D eigenvalue weighted by Gasteiger charge is 2.22. The first-order chi connectivity index (χ1) is 16.4. The molecule has 0 aromatic heterocycles. The molecule has 0 spiro atoms. The van der Waals surface area contributed by atoms with E-state index in [0.717, 1.165) is 12.1 Å². The Hall–Kier alpha value is -4.13. The van der Waals surface area contributed by atoms with Crippen LogP contribution in [0.25, 0.3) is 0 Å². The quantitative estimate of drug-likeness (QED) is 0.631. The van der Waals surface area contributed by atoms with Crippen molar-refractivity contribution in [1.29, 1.82) is 5.26 Å². The van der Waals surface area contributed by atoms with Gasteiger partial charge >= 0.3 is 0 Å². The van der Waals surface area contributed by atoms with Crippen LogP contribution in [0.1, 0.15) is 45.5 Å². The molecule has 34 heavy (non-hydrogen) atoms. The molecule has 0 radical (unpaired) electrons. The normalized spacial score (nSPS) is 17.0. The first kappa shape index (κ1) is 24.5. The molecule has 1 atom stereocenters. The summed E-state index contributed by atoms with van der Waals surface area (Å²) in [5, 5.41) is 17.1. The minimum atomic E-state index is -0.882. The van der Waals surface area contributed by atoms with Crippen molar-refractivity contribution in [2.45, 2.75) is 25.3 Å². The number of methoxy groups -OCH3 is 1. The van der Waals surface area contributed by atoms with Crippen molar-refractivity contribution in [1.82, 2.24) is 16.0 Å². The Balaban J connectivity index is 1.71. The number of nitrogens with one attached hydrogen (secondary N) is 3. The maximum absolute atomic E-state index is 13.7. The lowest BCUT2D eigenvalue weighted by Crippen LogP contribution is -2.47. The van der Waals surface area contributed by atoms with E-state index in [1.807, 2.05) is 0 Å². The summed E-state index contributed by atoms with van der Waals surface area (Å²) in [6.45, 7) is 0.569. The van der Waals surface area contributed by atoms with Crippen LogP contribution in [0.5, 0.6) is 11.5 Å². The molecule has 3 rings (SSSR count). The maximum atomic E-state index is 13.7. The monoisotopic (exact) mass is 468 g/mol. The largest absolute Gasteiger partial charge is 0.497 e. The van der Waals surface area contributed by atoms with E-state index in [9.17, 15) is 18.8 Å². The van der Waals surface area contributed by atoms with Gasteiger partial charge in [0.25, 0.3) is 11.8 Å². The van der Waals surface area contributed by atoms with Crippen LogP contribution in [0.15, 0.2) is 36.4 Å². The van der Waals surface area contributed by atoms with Gasteiger partial charge in [-0.05, 0) is 49.6 Å². The third-order valence-electron chi connectivity index (χ3n) is 5.21. The van der Waals surface area contributed by atoms with Gasteiger partial charge in [0.1, 0.15) is 30.0 Å². The van der Waals surface area contributed by atoms with Crippen LogP contribution in [0.3, 0.4) is 0 Å². The summed E-state index contributed by atoms with van der Waals surface area (Å²) in [6, 6.07) is 9.08. The second kappa shape index (κ2) is 11.7. The van der Waals surface area contributed by atoms with E-state index >= 15 is 0 Å². The molecule has 2 aromatic carbocycles. The molecule has 3 amide bonds. The van der Waals surface area contributed by atoms with Gasteiger partial charge in [0, 0.05) is 18.2 Å².